The van der Waals surface area contributed by atoms with Crippen LogP contribution in [0.2, 0.25) is 0 Å². The first-order valence-corrected chi connectivity index (χ1v) is 9.32. The molecule has 0 spiro atoms. The molecule has 140 valence electrons. The smallest absolute Gasteiger partial charge is 0.191 e. The van der Waals surface area contributed by atoms with E-state index >= 15 is 0 Å². The van der Waals surface area contributed by atoms with Crippen LogP contribution in [-0.2, 0) is 12.8 Å². The quantitative estimate of drug-likeness (QED) is 0.315. The van der Waals surface area contributed by atoms with Gasteiger partial charge in [-0.15, -0.1) is 35.3 Å². The summed E-state index contributed by atoms with van der Waals surface area (Å²) >= 11 is 1.77. The molecule has 1 aromatic carbocycles. The molecule has 5 nitrogen and oxygen atoms in total. The molecule has 2 N–H and O–H groups in total. The predicted molar refractivity (Wildman–Crippen MR) is 120 cm³/mol. The fourth-order valence-corrected chi connectivity index (χ4v) is 3.55. The Morgan fingerprint density at radius 2 is 1.88 bits per heavy atom. The highest BCUT2D eigenvalue weighted by Gasteiger charge is 2.05. The van der Waals surface area contributed by atoms with Gasteiger partial charge in [-0.05, 0) is 26.0 Å². The van der Waals surface area contributed by atoms with Crippen molar-refractivity contribution in [3.8, 4) is 0 Å². The van der Waals surface area contributed by atoms with Crippen LogP contribution in [0.25, 0.3) is 11.0 Å². The minimum atomic E-state index is 0. The van der Waals surface area contributed by atoms with Gasteiger partial charge in [-0.2, -0.15) is 0 Å². The van der Waals surface area contributed by atoms with Crippen LogP contribution in [0.1, 0.15) is 21.3 Å². The fourth-order valence-electron chi connectivity index (χ4n) is 2.62. The molecule has 0 amide bonds. The number of guanidine groups is 1. The summed E-state index contributed by atoms with van der Waals surface area (Å²) < 4.78 is 5.83. The number of hydrogen-bond acceptors (Lipinski definition) is 4. The summed E-state index contributed by atoms with van der Waals surface area (Å²) in [6, 6.07) is 10.2. The van der Waals surface area contributed by atoms with Gasteiger partial charge in [0.15, 0.2) is 5.96 Å². The van der Waals surface area contributed by atoms with Gasteiger partial charge in [-0.25, -0.2) is 4.98 Å². The van der Waals surface area contributed by atoms with E-state index in [0.29, 0.717) is 0 Å². The first-order chi connectivity index (χ1) is 12.2. The summed E-state index contributed by atoms with van der Waals surface area (Å²) in [5, 5.41) is 8.98. The molecular weight excluding hydrogens is 459 g/mol. The molecule has 3 aromatic rings. The second kappa shape index (κ2) is 9.91. The summed E-state index contributed by atoms with van der Waals surface area (Å²) in [5.41, 5.74) is 2.07. The Labute approximate surface area is 175 Å². The molecule has 0 fully saturated rings. The summed E-state index contributed by atoms with van der Waals surface area (Å²) in [5.74, 6) is 1.79. The average molecular weight is 484 g/mol. The molecule has 0 bridgehead atoms. The number of aromatic nitrogens is 1. The lowest BCUT2D eigenvalue weighted by atomic mass is 10.2. The number of furan rings is 1. The third-order valence-corrected chi connectivity index (χ3v) is 5.20. The molecule has 2 aromatic heterocycles. The zero-order chi connectivity index (χ0) is 17.6. The Morgan fingerprint density at radius 1 is 1.15 bits per heavy atom. The average Bonchev–Trinajstić information content (AvgIpc) is 3.16. The Hall–Kier alpha value is -1.61. The first kappa shape index (κ1) is 20.7. The van der Waals surface area contributed by atoms with Gasteiger partial charge in [0.1, 0.15) is 11.3 Å². The number of thiazole rings is 1. The van der Waals surface area contributed by atoms with E-state index in [-0.39, 0.29) is 24.0 Å². The number of para-hydroxylation sites is 1. The highest BCUT2D eigenvalue weighted by Crippen LogP contribution is 2.19. The van der Waals surface area contributed by atoms with Gasteiger partial charge in [-0.3, -0.25) is 4.99 Å². The van der Waals surface area contributed by atoms with Crippen molar-refractivity contribution in [2.24, 2.45) is 4.99 Å². The number of aryl methyl sites for hydroxylation is 2. The van der Waals surface area contributed by atoms with Gasteiger partial charge in [0.05, 0.1) is 10.7 Å². The minimum Gasteiger partial charge on any atom is -0.461 e. The molecule has 3 rings (SSSR count). The monoisotopic (exact) mass is 484 g/mol. The van der Waals surface area contributed by atoms with E-state index in [1.807, 2.05) is 18.2 Å². The molecule has 26 heavy (non-hydrogen) atoms. The molecule has 0 saturated carbocycles. The molecular formula is C19H25IN4OS. The Kier molecular flexibility index (Phi) is 7.89. The van der Waals surface area contributed by atoms with Crippen LogP contribution in [0.5, 0.6) is 0 Å². The molecule has 0 atom stereocenters. The fraction of sp³-hybridized carbons (Fsp3) is 0.368. The molecule has 0 unspecified atom stereocenters. The van der Waals surface area contributed by atoms with E-state index in [1.54, 1.807) is 18.4 Å². The lowest BCUT2D eigenvalue weighted by Crippen LogP contribution is -2.39. The molecule has 0 aliphatic heterocycles. The standard InChI is InChI=1S/C19H24N4OS.HI/c1-13-14(2)25-18(23-13)9-11-22-19(20-3)21-10-8-16-12-15-6-4-5-7-17(15)24-16;/h4-7,12H,8-11H2,1-3H3,(H2,20,21,22);1H. The van der Waals surface area contributed by atoms with Gasteiger partial charge in [-0.1, -0.05) is 18.2 Å². The number of nitrogens with zero attached hydrogens (tertiary/aromatic N) is 2. The topological polar surface area (TPSA) is 62.5 Å². The van der Waals surface area contributed by atoms with E-state index in [0.717, 1.165) is 54.3 Å². The van der Waals surface area contributed by atoms with Crippen LogP contribution in [0, 0.1) is 13.8 Å². The maximum Gasteiger partial charge on any atom is 0.191 e. The van der Waals surface area contributed by atoms with Crippen LogP contribution in [0.4, 0.5) is 0 Å². The summed E-state index contributed by atoms with van der Waals surface area (Å²) in [7, 11) is 1.79. The molecule has 0 radical (unpaired) electrons. The number of nitrogens with one attached hydrogen (secondary N) is 2. The summed E-state index contributed by atoms with van der Waals surface area (Å²) in [4.78, 5) is 10.1. The van der Waals surface area contributed by atoms with Crippen molar-refractivity contribution in [3.05, 3.63) is 51.7 Å². The number of rotatable bonds is 6. The molecule has 0 saturated heterocycles. The van der Waals surface area contributed by atoms with Gasteiger partial charge in [0.25, 0.3) is 0 Å². The van der Waals surface area contributed by atoms with Gasteiger partial charge in [0, 0.05) is 43.2 Å². The Balaban J connectivity index is 0.00000243. The maximum atomic E-state index is 5.83. The van der Waals surface area contributed by atoms with E-state index < -0.39 is 0 Å². The Morgan fingerprint density at radius 3 is 2.54 bits per heavy atom. The van der Waals surface area contributed by atoms with E-state index in [1.165, 1.54) is 9.88 Å². The van der Waals surface area contributed by atoms with Crippen LogP contribution in [0.3, 0.4) is 0 Å². The molecule has 0 aliphatic carbocycles. The van der Waals surface area contributed by atoms with Crippen molar-refractivity contribution in [2.45, 2.75) is 26.7 Å². The highest BCUT2D eigenvalue weighted by molar-refractivity contribution is 14.0. The largest absolute Gasteiger partial charge is 0.461 e. The van der Waals surface area contributed by atoms with Crippen molar-refractivity contribution in [3.63, 3.8) is 0 Å². The SMILES string of the molecule is CN=C(NCCc1cc2ccccc2o1)NCCc1nc(C)c(C)s1.I. The Bertz CT molecular complexity index is 819. The van der Waals surface area contributed by atoms with Crippen molar-refractivity contribution in [1.82, 2.24) is 15.6 Å². The van der Waals surface area contributed by atoms with Gasteiger partial charge >= 0.3 is 0 Å². The molecule has 2 heterocycles. The van der Waals surface area contributed by atoms with E-state index in [2.05, 4.69) is 46.6 Å². The number of aliphatic imine (C=N–C) groups is 1. The number of halogens is 1. The number of benzene rings is 1. The van der Waals surface area contributed by atoms with Crippen molar-refractivity contribution >= 4 is 52.2 Å². The third-order valence-electron chi connectivity index (χ3n) is 4.07. The maximum absolute atomic E-state index is 5.83. The van der Waals surface area contributed by atoms with Crippen LogP contribution >= 0.6 is 35.3 Å². The van der Waals surface area contributed by atoms with Crippen LogP contribution in [-0.4, -0.2) is 31.1 Å². The van der Waals surface area contributed by atoms with Gasteiger partial charge < -0.3 is 15.1 Å². The van der Waals surface area contributed by atoms with E-state index in [9.17, 15) is 0 Å². The van der Waals surface area contributed by atoms with Gasteiger partial charge in [0.2, 0.25) is 0 Å². The zero-order valence-corrected chi connectivity index (χ0v) is 18.5. The van der Waals surface area contributed by atoms with Crippen molar-refractivity contribution in [2.75, 3.05) is 20.1 Å². The van der Waals surface area contributed by atoms with E-state index in [4.69, 9.17) is 4.42 Å². The van der Waals surface area contributed by atoms with Crippen LogP contribution in [0.15, 0.2) is 39.7 Å². The van der Waals surface area contributed by atoms with Crippen molar-refractivity contribution in [1.29, 1.82) is 0 Å². The minimum absolute atomic E-state index is 0. The third kappa shape index (κ3) is 5.44. The van der Waals surface area contributed by atoms with Crippen LogP contribution < -0.4 is 10.6 Å². The highest BCUT2D eigenvalue weighted by atomic mass is 127. The molecule has 0 aliphatic rings. The zero-order valence-electron chi connectivity index (χ0n) is 15.3. The van der Waals surface area contributed by atoms with Crippen molar-refractivity contribution < 1.29 is 4.42 Å². The second-order valence-corrected chi connectivity index (χ2v) is 7.21. The molecule has 7 heteroatoms. The predicted octanol–water partition coefficient (Wildman–Crippen LogP) is 4.07. The summed E-state index contributed by atoms with van der Waals surface area (Å²) in [6.07, 6.45) is 1.73. The number of hydrogen-bond donors (Lipinski definition) is 2. The normalized spacial score (nSPS) is 11.4. The number of fused-ring (bicyclic) bond motifs is 1. The second-order valence-electron chi connectivity index (χ2n) is 5.93. The lowest BCUT2D eigenvalue weighted by molar-refractivity contribution is 0.544. The summed E-state index contributed by atoms with van der Waals surface area (Å²) in [6.45, 7) is 5.76. The first-order valence-electron chi connectivity index (χ1n) is 8.50. The lowest BCUT2D eigenvalue weighted by Gasteiger charge is -2.10.